The van der Waals surface area contributed by atoms with Crippen molar-refractivity contribution in [2.24, 2.45) is 5.92 Å². The average molecular weight is 246 g/mol. The van der Waals surface area contributed by atoms with Gasteiger partial charge in [0.1, 0.15) is 0 Å². The zero-order valence-corrected chi connectivity index (χ0v) is 11.3. The third-order valence-electron chi connectivity index (χ3n) is 2.55. The quantitative estimate of drug-likeness (QED) is 0.601. The van der Waals surface area contributed by atoms with E-state index in [1.54, 1.807) is 14.0 Å². The molecule has 0 aliphatic heterocycles. The molecule has 0 heterocycles. The van der Waals surface area contributed by atoms with E-state index in [0.717, 1.165) is 6.42 Å². The first-order chi connectivity index (χ1) is 7.99. The van der Waals surface area contributed by atoms with E-state index in [0.29, 0.717) is 19.6 Å². The van der Waals surface area contributed by atoms with Crippen LogP contribution in [0, 0.1) is 5.92 Å². The second kappa shape index (κ2) is 9.24. The minimum atomic E-state index is -0.327. The molecule has 0 fully saturated rings. The van der Waals surface area contributed by atoms with Gasteiger partial charge in [-0.1, -0.05) is 13.8 Å². The highest BCUT2D eigenvalue weighted by molar-refractivity contribution is 5.74. The Morgan fingerprint density at radius 1 is 1.41 bits per heavy atom. The van der Waals surface area contributed by atoms with Crippen molar-refractivity contribution in [3.8, 4) is 0 Å². The Kier molecular flexibility index (Phi) is 8.80. The molecule has 0 radical (unpaired) electrons. The van der Waals surface area contributed by atoms with Crippen LogP contribution >= 0.6 is 0 Å². The van der Waals surface area contributed by atoms with Gasteiger partial charge in [-0.15, -0.1) is 0 Å². The van der Waals surface area contributed by atoms with E-state index in [2.05, 4.69) is 10.6 Å². The number of urea groups is 1. The Morgan fingerprint density at radius 3 is 2.53 bits per heavy atom. The summed E-state index contributed by atoms with van der Waals surface area (Å²) in [6.07, 6.45) is 1.20. The molecule has 0 saturated carbocycles. The summed E-state index contributed by atoms with van der Waals surface area (Å²) >= 11 is 0. The minimum Gasteiger partial charge on any atom is -0.393 e. The summed E-state index contributed by atoms with van der Waals surface area (Å²) < 4.78 is 5.00. The predicted molar refractivity (Wildman–Crippen MR) is 68.0 cm³/mol. The number of carbonyl (C=O) groups excluding carboxylic acids is 1. The fourth-order valence-electron chi connectivity index (χ4n) is 1.63. The second-order valence-corrected chi connectivity index (χ2v) is 4.60. The number of carbonyl (C=O) groups is 1. The molecule has 0 aliphatic rings. The Hall–Kier alpha value is -0.810. The Labute approximate surface area is 104 Å². The zero-order chi connectivity index (χ0) is 13.3. The molecular weight excluding hydrogens is 220 g/mol. The highest BCUT2D eigenvalue weighted by Gasteiger charge is 2.11. The van der Waals surface area contributed by atoms with E-state index < -0.39 is 0 Å². The third kappa shape index (κ3) is 8.94. The number of amides is 2. The number of hydrogen-bond acceptors (Lipinski definition) is 3. The lowest BCUT2D eigenvalue weighted by Gasteiger charge is -2.18. The van der Waals surface area contributed by atoms with Gasteiger partial charge in [0.05, 0.1) is 18.8 Å². The van der Waals surface area contributed by atoms with E-state index in [9.17, 15) is 9.90 Å². The lowest BCUT2D eigenvalue weighted by Crippen LogP contribution is -2.45. The minimum absolute atomic E-state index is 0.0482. The first-order valence-electron chi connectivity index (χ1n) is 6.20. The van der Waals surface area contributed by atoms with E-state index >= 15 is 0 Å². The summed E-state index contributed by atoms with van der Waals surface area (Å²) in [4.78, 5) is 11.5. The van der Waals surface area contributed by atoms with Gasteiger partial charge < -0.3 is 20.5 Å². The summed E-state index contributed by atoms with van der Waals surface area (Å²) in [7, 11) is 1.62. The monoisotopic (exact) mass is 246 g/mol. The SMILES string of the molecule is CCC(COC)NC(=O)NCC(C)CC(C)O. The van der Waals surface area contributed by atoms with Crippen molar-refractivity contribution in [3.05, 3.63) is 0 Å². The van der Waals surface area contributed by atoms with Crippen molar-refractivity contribution in [1.29, 1.82) is 0 Å². The highest BCUT2D eigenvalue weighted by Crippen LogP contribution is 2.03. The van der Waals surface area contributed by atoms with Gasteiger partial charge in [0, 0.05) is 13.7 Å². The zero-order valence-electron chi connectivity index (χ0n) is 11.3. The van der Waals surface area contributed by atoms with Crippen LogP contribution in [-0.4, -0.2) is 43.5 Å². The topological polar surface area (TPSA) is 70.6 Å². The summed E-state index contributed by atoms with van der Waals surface area (Å²) in [5, 5.41) is 14.8. The summed E-state index contributed by atoms with van der Waals surface area (Å²) in [5.74, 6) is 0.267. The second-order valence-electron chi connectivity index (χ2n) is 4.60. The third-order valence-corrected chi connectivity index (χ3v) is 2.55. The summed E-state index contributed by atoms with van der Waals surface area (Å²) in [6, 6.07) is -0.126. The number of aliphatic hydroxyl groups excluding tert-OH is 1. The van der Waals surface area contributed by atoms with Crippen LogP contribution in [0.4, 0.5) is 4.79 Å². The molecule has 3 atom stereocenters. The number of methoxy groups -OCH3 is 1. The van der Waals surface area contributed by atoms with Gasteiger partial charge in [-0.05, 0) is 25.7 Å². The van der Waals surface area contributed by atoms with Gasteiger partial charge in [0.15, 0.2) is 0 Å². The highest BCUT2D eigenvalue weighted by atomic mass is 16.5. The van der Waals surface area contributed by atoms with Crippen molar-refractivity contribution >= 4 is 6.03 Å². The number of ether oxygens (including phenoxy) is 1. The average Bonchev–Trinajstić information content (AvgIpc) is 2.25. The first kappa shape index (κ1) is 16.2. The van der Waals surface area contributed by atoms with Crippen LogP contribution in [0.2, 0.25) is 0 Å². The standard InChI is InChI=1S/C12H26N2O3/c1-5-11(8-17-4)14-12(16)13-7-9(2)6-10(3)15/h9-11,15H,5-8H2,1-4H3,(H2,13,14,16). The van der Waals surface area contributed by atoms with E-state index in [1.165, 1.54) is 0 Å². The van der Waals surface area contributed by atoms with Crippen LogP contribution in [0.25, 0.3) is 0 Å². The van der Waals surface area contributed by atoms with Crippen molar-refractivity contribution in [3.63, 3.8) is 0 Å². The molecule has 0 aromatic carbocycles. The van der Waals surface area contributed by atoms with Crippen LogP contribution in [0.3, 0.4) is 0 Å². The fourth-order valence-corrected chi connectivity index (χ4v) is 1.63. The van der Waals surface area contributed by atoms with Crippen LogP contribution in [0.1, 0.15) is 33.6 Å². The van der Waals surface area contributed by atoms with Gasteiger partial charge in [-0.3, -0.25) is 0 Å². The lowest BCUT2D eigenvalue weighted by molar-refractivity contribution is 0.158. The molecule has 17 heavy (non-hydrogen) atoms. The largest absolute Gasteiger partial charge is 0.393 e. The molecule has 5 heteroatoms. The predicted octanol–water partition coefficient (Wildman–Crippen LogP) is 1.12. The van der Waals surface area contributed by atoms with E-state index in [-0.39, 0.29) is 24.1 Å². The molecule has 0 saturated heterocycles. The van der Waals surface area contributed by atoms with Gasteiger partial charge in [-0.25, -0.2) is 4.79 Å². The van der Waals surface area contributed by atoms with Gasteiger partial charge in [0.2, 0.25) is 0 Å². The first-order valence-corrected chi connectivity index (χ1v) is 6.20. The van der Waals surface area contributed by atoms with Gasteiger partial charge in [-0.2, -0.15) is 0 Å². The number of aliphatic hydroxyl groups is 1. The van der Waals surface area contributed by atoms with Gasteiger partial charge in [0.25, 0.3) is 0 Å². The summed E-state index contributed by atoms with van der Waals surface area (Å²) in [5.41, 5.74) is 0. The van der Waals surface area contributed by atoms with E-state index in [1.807, 2.05) is 13.8 Å². The molecule has 0 rings (SSSR count). The maximum atomic E-state index is 11.5. The Bertz CT molecular complexity index is 210. The van der Waals surface area contributed by atoms with Crippen molar-refractivity contribution in [2.75, 3.05) is 20.3 Å². The Morgan fingerprint density at radius 2 is 2.06 bits per heavy atom. The number of hydrogen-bond donors (Lipinski definition) is 3. The lowest BCUT2D eigenvalue weighted by atomic mass is 10.1. The van der Waals surface area contributed by atoms with Crippen molar-refractivity contribution < 1.29 is 14.6 Å². The smallest absolute Gasteiger partial charge is 0.315 e. The van der Waals surface area contributed by atoms with Crippen LogP contribution in [-0.2, 0) is 4.74 Å². The molecule has 0 aliphatic carbocycles. The van der Waals surface area contributed by atoms with Crippen LogP contribution in [0.15, 0.2) is 0 Å². The number of nitrogens with one attached hydrogen (secondary N) is 2. The molecule has 5 nitrogen and oxygen atoms in total. The van der Waals surface area contributed by atoms with Crippen LogP contribution < -0.4 is 10.6 Å². The van der Waals surface area contributed by atoms with Crippen LogP contribution in [0.5, 0.6) is 0 Å². The summed E-state index contributed by atoms with van der Waals surface area (Å²) in [6.45, 7) is 6.84. The maximum Gasteiger partial charge on any atom is 0.315 e. The molecule has 0 aromatic heterocycles. The van der Waals surface area contributed by atoms with Crippen molar-refractivity contribution in [2.45, 2.75) is 45.8 Å². The Balaban J connectivity index is 3.77. The molecule has 102 valence electrons. The molecule has 2 amide bonds. The van der Waals surface area contributed by atoms with E-state index in [4.69, 9.17) is 4.74 Å². The molecule has 0 bridgehead atoms. The fraction of sp³-hybridized carbons (Fsp3) is 0.917. The normalized spacial score (nSPS) is 16.1. The molecule has 0 aromatic rings. The number of rotatable bonds is 8. The molecule has 0 spiro atoms. The molecule has 3 unspecified atom stereocenters. The van der Waals surface area contributed by atoms with Gasteiger partial charge >= 0.3 is 6.03 Å². The maximum absolute atomic E-state index is 11.5. The molecule has 3 N–H and O–H groups in total. The van der Waals surface area contributed by atoms with Crippen molar-refractivity contribution in [1.82, 2.24) is 10.6 Å². The molecular formula is C12H26N2O3.